The van der Waals surface area contributed by atoms with E-state index in [-0.39, 0.29) is 0 Å². The van der Waals surface area contributed by atoms with Gasteiger partial charge in [0.05, 0.1) is 0 Å². The number of aldehydes is 1. The summed E-state index contributed by atoms with van der Waals surface area (Å²) in [4.78, 5) is 11.1. The predicted molar refractivity (Wildman–Crippen MR) is 72.0 cm³/mol. The van der Waals surface area contributed by atoms with E-state index in [2.05, 4.69) is 0 Å². The van der Waals surface area contributed by atoms with Crippen molar-refractivity contribution in [2.75, 3.05) is 0 Å². The summed E-state index contributed by atoms with van der Waals surface area (Å²) in [5.41, 5.74) is 0.460. The second-order valence-electron chi connectivity index (χ2n) is 4.78. The summed E-state index contributed by atoms with van der Waals surface area (Å²) in [6.45, 7) is 3.78. The lowest BCUT2D eigenvalue weighted by Gasteiger charge is -2.18. The van der Waals surface area contributed by atoms with Crippen LogP contribution in [0, 0.1) is 0 Å². The summed E-state index contributed by atoms with van der Waals surface area (Å²) in [5.74, 6) is 1.53. The molecule has 2 heteroatoms. The number of carbonyl (C=O) groups excluding carboxylic acids is 1. The maximum Gasteiger partial charge on any atom is 0.129 e. The van der Waals surface area contributed by atoms with Crippen molar-refractivity contribution in [3.8, 4) is 11.5 Å². The molecule has 0 spiro atoms. The Morgan fingerprint density at radius 1 is 0.944 bits per heavy atom. The van der Waals surface area contributed by atoms with Crippen LogP contribution in [0.15, 0.2) is 54.6 Å². The first kappa shape index (κ1) is 12.4. The van der Waals surface area contributed by atoms with Crippen LogP contribution in [-0.4, -0.2) is 6.29 Å². The molecule has 0 radical (unpaired) electrons. The van der Waals surface area contributed by atoms with Gasteiger partial charge in [-0.2, -0.15) is 0 Å². The summed E-state index contributed by atoms with van der Waals surface area (Å²) in [7, 11) is 0. The number of carbonyl (C=O) groups is 1. The summed E-state index contributed by atoms with van der Waals surface area (Å²) < 4.78 is 5.74. The van der Waals surface area contributed by atoms with Crippen LogP contribution < -0.4 is 4.74 Å². The highest BCUT2D eigenvalue weighted by Gasteiger charge is 2.19. The standard InChI is InChI=1S/C16H16O2/c1-16(2,12-17)13-7-6-10-15(11-13)18-14-8-4-3-5-9-14/h3-12H,1-2H3. The van der Waals surface area contributed by atoms with Crippen molar-refractivity contribution in [1.29, 1.82) is 0 Å². The van der Waals surface area contributed by atoms with E-state index in [0.717, 1.165) is 23.3 Å². The van der Waals surface area contributed by atoms with Crippen molar-refractivity contribution in [3.63, 3.8) is 0 Å². The Labute approximate surface area is 107 Å². The molecule has 2 rings (SSSR count). The molecule has 18 heavy (non-hydrogen) atoms. The van der Waals surface area contributed by atoms with Gasteiger partial charge in [-0.25, -0.2) is 0 Å². The van der Waals surface area contributed by atoms with Gasteiger partial charge >= 0.3 is 0 Å². The lowest BCUT2D eigenvalue weighted by molar-refractivity contribution is -0.111. The van der Waals surface area contributed by atoms with Gasteiger partial charge in [-0.1, -0.05) is 30.3 Å². The molecule has 2 aromatic carbocycles. The highest BCUT2D eigenvalue weighted by Crippen LogP contribution is 2.27. The molecule has 0 saturated heterocycles. The second kappa shape index (κ2) is 5.05. The average Bonchev–Trinajstić information content (AvgIpc) is 2.40. The van der Waals surface area contributed by atoms with Crippen LogP contribution in [0.1, 0.15) is 19.4 Å². The normalized spacial score (nSPS) is 11.0. The first-order valence-corrected chi connectivity index (χ1v) is 5.91. The van der Waals surface area contributed by atoms with Crippen molar-refractivity contribution < 1.29 is 9.53 Å². The monoisotopic (exact) mass is 240 g/mol. The maximum atomic E-state index is 11.1. The third kappa shape index (κ3) is 2.77. The van der Waals surface area contributed by atoms with Gasteiger partial charge in [-0.15, -0.1) is 0 Å². The molecule has 2 nitrogen and oxygen atoms in total. The molecular formula is C16H16O2. The molecule has 92 valence electrons. The number of ether oxygens (including phenoxy) is 1. The molecule has 0 N–H and O–H groups in total. The van der Waals surface area contributed by atoms with Crippen LogP contribution in [-0.2, 0) is 10.2 Å². The van der Waals surface area contributed by atoms with Crippen molar-refractivity contribution in [1.82, 2.24) is 0 Å². The van der Waals surface area contributed by atoms with Crippen molar-refractivity contribution in [2.24, 2.45) is 0 Å². The number of rotatable bonds is 4. The molecule has 0 fully saturated rings. The topological polar surface area (TPSA) is 26.3 Å². The Kier molecular flexibility index (Phi) is 3.47. The van der Waals surface area contributed by atoms with Crippen molar-refractivity contribution in [3.05, 3.63) is 60.2 Å². The molecule has 0 aromatic heterocycles. The minimum Gasteiger partial charge on any atom is -0.457 e. The molecule has 0 atom stereocenters. The third-order valence-electron chi connectivity index (χ3n) is 2.85. The Morgan fingerprint density at radius 3 is 2.28 bits per heavy atom. The Balaban J connectivity index is 2.26. The van der Waals surface area contributed by atoms with Crippen LogP contribution in [0.25, 0.3) is 0 Å². The fourth-order valence-corrected chi connectivity index (χ4v) is 1.65. The van der Waals surface area contributed by atoms with E-state index in [9.17, 15) is 4.79 Å². The number of para-hydroxylation sites is 1. The summed E-state index contributed by atoms with van der Waals surface area (Å²) in [6.07, 6.45) is 0.953. The molecule has 0 amide bonds. The highest BCUT2D eigenvalue weighted by molar-refractivity contribution is 5.67. The Hall–Kier alpha value is -2.09. The van der Waals surface area contributed by atoms with Crippen LogP contribution in [0.2, 0.25) is 0 Å². The zero-order valence-corrected chi connectivity index (χ0v) is 10.6. The van der Waals surface area contributed by atoms with Gasteiger partial charge in [0.1, 0.15) is 17.8 Å². The highest BCUT2D eigenvalue weighted by atomic mass is 16.5. The van der Waals surface area contributed by atoms with Crippen molar-refractivity contribution in [2.45, 2.75) is 19.3 Å². The van der Waals surface area contributed by atoms with Gasteiger partial charge in [0.25, 0.3) is 0 Å². The van der Waals surface area contributed by atoms with Crippen LogP contribution in [0.3, 0.4) is 0 Å². The largest absolute Gasteiger partial charge is 0.457 e. The van der Waals surface area contributed by atoms with Crippen LogP contribution in [0.5, 0.6) is 11.5 Å². The summed E-state index contributed by atoms with van der Waals surface area (Å²) in [6, 6.07) is 17.2. The molecule has 0 aliphatic carbocycles. The average molecular weight is 240 g/mol. The molecule has 2 aromatic rings. The van der Waals surface area contributed by atoms with Crippen molar-refractivity contribution >= 4 is 6.29 Å². The van der Waals surface area contributed by atoms with Gasteiger partial charge in [0.2, 0.25) is 0 Å². The number of hydrogen-bond donors (Lipinski definition) is 0. The molecule has 0 aliphatic heterocycles. The molecule has 0 aliphatic rings. The Morgan fingerprint density at radius 2 is 1.61 bits per heavy atom. The second-order valence-corrected chi connectivity index (χ2v) is 4.78. The molecule has 0 unspecified atom stereocenters. The summed E-state index contributed by atoms with van der Waals surface area (Å²) >= 11 is 0. The minimum absolute atomic E-state index is 0.490. The van der Waals surface area contributed by atoms with E-state index in [1.807, 2.05) is 68.4 Å². The van der Waals surface area contributed by atoms with E-state index in [1.165, 1.54) is 0 Å². The quantitative estimate of drug-likeness (QED) is 0.756. The maximum absolute atomic E-state index is 11.1. The fourth-order valence-electron chi connectivity index (χ4n) is 1.65. The fraction of sp³-hybridized carbons (Fsp3) is 0.188. The predicted octanol–water partition coefficient (Wildman–Crippen LogP) is 3.96. The zero-order chi connectivity index (χ0) is 13.0. The zero-order valence-electron chi connectivity index (χ0n) is 10.6. The van der Waals surface area contributed by atoms with E-state index < -0.39 is 5.41 Å². The van der Waals surface area contributed by atoms with Gasteiger partial charge in [0.15, 0.2) is 0 Å². The molecule has 0 bridgehead atoms. The summed E-state index contributed by atoms with van der Waals surface area (Å²) in [5, 5.41) is 0. The number of benzene rings is 2. The van der Waals surface area contributed by atoms with Gasteiger partial charge < -0.3 is 9.53 Å². The molecular weight excluding hydrogens is 224 g/mol. The van der Waals surface area contributed by atoms with E-state index in [4.69, 9.17) is 4.74 Å². The Bertz CT molecular complexity index is 530. The third-order valence-corrected chi connectivity index (χ3v) is 2.85. The first-order chi connectivity index (χ1) is 8.62. The molecule has 0 saturated carbocycles. The lowest BCUT2D eigenvalue weighted by atomic mass is 9.86. The molecule has 0 heterocycles. The van der Waals surface area contributed by atoms with E-state index >= 15 is 0 Å². The lowest BCUT2D eigenvalue weighted by Crippen LogP contribution is -2.18. The minimum atomic E-state index is -0.490. The van der Waals surface area contributed by atoms with E-state index in [0.29, 0.717) is 0 Å². The smallest absolute Gasteiger partial charge is 0.129 e. The van der Waals surface area contributed by atoms with Crippen LogP contribution >= 0.6 is 0 Å². The van der Waals surface area contributed by atoms with Gasteiger partial charge in [0, 0.05) is 5.41 Å². The van der Waals surface area contributed by atoms with Gasteiger partial charge in [-0.05, 0) is 43.7 Å². The SMILES string of the molecule is CC(C)(C=O)c1cccc(Oc2ccccc2)c1. The van der Waals surface area contributed by atoms with Crippen LogP contribution in [0.4, 0.5) is 0 Å². The first-order valence-electron chi connectivity index (χ1n) is 5.91. The number of hydrogen-bond acceptors (Lipinski definition) is 2. The van der Waals surface area contributed by atoms with Gasteiger partial charge in [-0.3, -0.25) is 0 Å². The van der Waals surface area contributed by atoms with E-state index in [1.54, 1.807) is 0 Å².